The van der Waals surface area contributed by atoms with Gasteiger partial charge >= 0.3 is 18.2 Å². The topological polar surface area (TPSA) is 190 Å². The van der Waals surface area contributed by atoms with Crippen molar-refractivity contribution in [2.75, 3.05) is 17.7 Å². The molecule has 4 amide bonds. The van der Waals surface area contributed by atoms with Crippen LogP contribution in [0.4, 0.5) is 14.7 Å². The Balaban J connectivity index is 1.71. The Morgan fingerprint density at radius 2 is 2.05 bits per heavy atom. The van der Waals surface area contributed by atoms with Crippen molar-refractivity contribution in [2.45, 2.75) is 50.6 Å². The number of amides is 4. The second-order valence-corrected chi connectivity index (χ2v) is 10.9. The van der Waals surface area contributed by atoms with Crippen LogP contribution in [-0.4, -0.2) is 74.3 Å². The number of primary amides is 1. The molecule has 0 aromatic carbocycles. The van der Waals surface area contributed by atoms with E-state index in [4.69, 9.17) is 15.2 Å². The molecule has 3 rings (SSSR count). The van der Waals surface area contributed by atoms with Crippen LogP contribution in [0.3, 0.4) is 0 Å². The summed E-state index contributed by atoms with van der Waals surface area (Å²) in [5, 5.41) is 16.0. The van der Waals surface area contributed by atoms with Crippen LogP contribution >= 0.6 is 23.1 Å². The van der Waals surface area contributed by atoms with Crippen LogP contribution in [0.15, 0.2) is 28.8 Å². The molecule has 1 aromatic heterocycles. The van der Waals surface area contributed by atoms with E-state index in [1.54, 1.807) is 45.2 Å². The molecule has 15 heteroatoms. The van der Waals surface area contributed by atoms with Crippen LogP contribution in [0.25, 0.3) is 0 Å². The zero-order valence-electron chi connectivity index (χ0n) is 20.5. The highest BCUT2D eigenvalue weighted by Crippen LogP contribution is 2.40. The average Bonchev–Trinajstić information content (AvgIpc) is 3.24. The number of carboxylic acids is 1. The summed E-state index contributed by atoms with van der Waals surface area (Å²) in [6.45, 7) is 6.55. The first-order valence-corrected chi connectivity index (χ1v) is 13.0. The lowest BCUT2D eigenvalue weighted by molar-refractivity contribution is -0.150. The molecule has 200 valence electrons. The number of thioether (sulfide) groups is 1. The predicted octanol–water partition coefficient (Wildman–Crippen LogP) is 1.98. The van der Waals surface area contributed by atoms with Gasteiger partial charge in [-0.3, -0.25) is 19.8 Å². The van der Waals surface area contributed by atoms with Gasteiger partial charge in [0.15, 0.2) is 5.13 Å². The fraction of sp³-hybridized carbons (Fsp3) is 0.455. The van der Waals surface area contributed by atoms with E-state index in [1.807, 2.05) is 0 Å². The first-order valence-electron chi connectivity index (χ1n) is 11.0. The first-order chi connectivity index (χ1) is 17.3. The summed E-state index contributed by atoms with van der Waals surface area (Å²) in [6.07, 6.45) is 1.51. The van der Waals surface area contributed by atoms with E-state index in [0.717, 1.165) is 16.2 Å². The number of nitrogens with two attached hydrogens (primary N) is 1. The Morgan fingerprint density at radius 3 is 2.65 bits per heavy atom. The van der Waals surface area contributed by atoms with Crippen LogP contribution < -0.4 is 16.4 Å². The monoisotopic (exact) mass is 553 g/mol. The lowest BCUT2D eigenvalue weighted by Crippen LogP contribution is -2.70. The van der Waals surface area contributed by atoms with Crippen LogP contribution in [0, 0.1) is 0 Å². The third kappa shape index (κ3) is 6.60. The van der Waals surface area contributed by atoms with Gasteiger partial charge in [-0.15, -0.1) is 23.1 Å². The number of nitrogens with one attached hydrogen (secondary N) is 2. The fourth-order valence-electron chi connectivity index (χ4n) is 3.59. The van der Waals surface area contributed by atoms with Crippen LogP contribution in [0.1, 0.15) is 39.3 Å². The Morgan fingerprint density at radius 1 is 1.35 bits per heavy atom. The minimum absolute atomic E-state index is 0.166. The Labute approximate surface area is 220 Å². The molecule has 0 aliphatic carbocycles. The van der Waals surface area contributed by atoms with E-state index in [2.05, 4.69) is 15.6 Å². The second kappa shape index (κ2) is 11.2. The molecule has 2 aliphatic heterocycles. The van der Waals surface area contributed by atoms with Crippen LogP contribution in [0.2, 0.25) is 0 Å². The summed E-state index contributed by atoms with van der Waals surface area (Å²) >= 11 is 2.34. The number of aromatic nitrogens is 1. The molecule has 5 N–H and O–H groups in total. The molecule has 0 saturated carbocycles. The third-order valence-electron chi connectivity index (χ3n) is 5.05. The summed E-state index contributed by atoms with van der Waals surface area (Å²) in [5.41, 5.74) is 4.56. The number of thiazole rings is 1. The molecular weight excluding hydrogens is 526 g/mol. The molecule has 2 aliphatic rings. The predicted molar refractivity (Wildman–Crippen MR) is 135 cm³/mol. The number of anilines is 1. The molecular formula is C22H27N5O8S2. The molecule has 0 radical (unpaired) electrons. The number of fused-ring (bicyclic) bond motifs is 1. The van der Waals surface area contributed by atoms with Crippen molar-refractivity contribution in [3.8, 4) is 0 Å². The summed E-state index contributed by atoms with van der Waals surface area (Å²) in [7, 11) is 0. The second-order valence-electron chi connectivity index (χ2n) is 8.97. The molecule has 3 atom stereocenters. The van der Waals surface area contributed by atoms with Crippen molar-refractivity contribution in [1.29, 1.82) is 0 Å². The number of ether oxygens (including phenoxy) is 2. The molecule has 3 heterocycles. The maximum Gasteiger partial charge on any atom is 0.413 e. The summed E-state index contributed by atoms with van der Waals surface area (Å²) < 4.78 is 9.91. The molecule has 37 heavy (non-hydrogen) atoms. The highest BCUT2D eigenvalue weighted by molar-refractivity contribution is 8.00. The normalized spacial score (nSPS) is 20.1. The van der Waals surface area contributed by atoms with Gasteiger partial charge in [-0.1, -0.05) is 12.2 Å². The van der Waals surface area contributed by atoms with Gasteiger partial charge in [0, 0.05) is 16.7 Å². The highest BCUT2D eigenvalue weighted by atomic mass is 32.2. The van der Waals surface area contributed by atoms with E-state index in [1.165, 1.54) is 11.8 Å². The molecule has 1 unspecified atom stereocenters. The van der Waals surface area contributed by atoms with Crippen molar-refractivity contribution in [3.63, 3.8) is 0 Å². The lowest BCUT2D eigenvalue weighted by atomic mass is 10.00. The number of carboxylic acid groups (broad SMARTS) is 1. The van der Waals surface area contributed by atoms with Crippen LogP contribution in [-0.2, 0) is 23.9 Å². The Kier molecular flexibility index (Phi) is 8.48. The quantitative estimate of drug-likeness (QED) is 0.273. The minimum Gasteiger partial charge on any atom is -0.477 e. The molecule has 13 nitrogen and oxygen atoms in total. The van der Waals surface area contributed by atoms with Gasteiger partial charge in [-0.05, 0) is 27.7 Å². The fourth-order valence-corrected chi connectivity index (χ4v) is 5.65. The lowest BCUT2D eigenvalue weighted by Gasteiger charge is -2.49. The maximum atomic E-state index is 13.1. The number of β-lactam (4-membered cyclic amide) rings is 1. The summed E-state index contributed by atoms with van der Waals surface area (Å²) in [5.74, 6) is -3.18. The van der Waals surface area contributed by atoms with E-state index in [9.17, 15) is 29.1 Å². The number of allylic oxidation sites excluding steroid dienone is 1. The number of carbonyl (C=O) groups excluding carboxylic acids is 4. The maximum absolute atomic E-state index is 13.1. The standard InChI is InChI=1S/C22H27N5O8S2/c1-5-6-11(12-9-37-20(24-12)26-21(33)35-22(2,3)4)15(28)25-13-16(29)27-14(18(30)31)10(7-34-19(23)32)8-36-17(13)27/h5-6,9,11,13,17H,7-8H2,1-4H3,(H2,23,32)(H,25,28)(H,30,31)(H,24,26,33)/b6-5+/t11?,13-,17-/m1/s1. The van der Waals surface area contributed by atoms with E-state index in [-0.39, 0.29) is 28.8 Å². The summed E-state index contributed by atoms with van der Waals surface area (Å²) in [6, 6.07) is -0.962. The number of hydrogen-bond donors (Lipinski definition) is 4. The zero-order chi connectivity index (χ0) is 27.5. The van der Waals surface area contributed by atoms with Crippen molar-refractivity contribution < 1.29 is 38.6 Å². The van der Waals surface area contributed by atoms with E-state index < -0.39 is 52.9 Å². The largest absolute Gasteiger partial charge is 0.477 e. The molecule has 0 bridgehead atoms. The van der Waals surface area contributed by atoms with Crippen molar-refractivity contribution in [3.05, 3.63) is 34.5 Å². The zero-order valence-corrected chi connectivity index (χ0v) is 22.1. The minimum atomic E-state index is -1.36. The van der Waals surface area contributed by atoms with Gasteiger partial charge in [-0.2, -0.15) is 0 Å². The number of rotatable bonds is 8. The first kappa shape index (κ1) is 28.0. The van der Waals surface area contributed by atoms with Crippen molar-refractivity contribution >= 4 is 58.2 Å². The number of aliphatic carboxylic acids is 1. The van der Waals surface area contributed by atoms with E-state index in [0.29, 0.717) is 5.69 Å². The number of nitrogens with zero attached hydrogens (tertiary/aromatic N) is 2. The average molecular weight is 554 g/mol. The Bertz CT molecular complexity index is 1170. The van der Waals surface area contributed by atoms with Gasteiger partial charge in [0.1, 0.15) is 29.3 Å². The number of hydrogen-bond acceptors (Lipinski definition) is 10. The molecule has 1 aromatic rings. The molecule has 1 fully saturated rings. The highest BCUT2D eigenvalue weighted by Gasteiger charge is 2.54. The van der Waals surface area contributed by atoms with Gasteiger partial charge in [0.25, 0.3) is 5.91 Å². The third-order valence-corrected chi connectivity index (χ3v) is 7.17. The number of carbonyl (C=O) groups is 5. The summed E-state index contributed by atoms with van der Waals surface area (Å²) in [4.78, 5) is 66.2. The van der Waals surface area contributed by atoms with E-state index >= 15 is 0 Å². The molecule has 1 saturated heterocycles. The van der Waals surface area contributed by atoms with Gasteiger partial charge in [-0.25, -0.2) is 19.4 Å². The van der Waals surface area contributed by atoms with Crippen molar-refractivity contribution in [1.82, 2.24) is 15.2 Å². The van der Waals surface area contributed by atoms with Crippen molar-refractivity contribution in [2.24, 2.45) is 5.73 Å². The molecule has 0 spiro atoms. The Hall–Kier alpha value is -3.59. The van der Waals surface area contributed by atoms with Gasteiger partial charge < -0.3 is 25.6 Å². The van der Waals surface area contributed by atoms with Gasteiger partial charge in [0.2, 0.25) is 5.91 Å². The van der Waals surface area contributed by atoms with Gasteiger partial charge in [0.05, 0.1) is 11.6 Å². The SMILES string of the molecule is C/C=C/C(C(=O)N[C@@H]1C(=O)N2C(C(=O)O)=C(COC(N)=O)CS[C@H]12)c1csc(NC(=O)OC(C)(C)C)n1. The smallest absolute Gasteiger partial charge is 0.413 e. The van der Waals surface area contributed by atoms with Crippen LogP contribution in [0.5, 0.6) is 0 Å².